The molecule has 1 aliphatic rings. The Morgan fingerprint density at radius 2 is 1.59 bits per heavy atom. The zero-order valence-electron chi connectivity index (χ0n) is 13.4. The first kappa shape index (κ1) is 15.1. The van der Waals surface area contributed by atoms with Gasteiger partial charge in [0.15, 0.2) is 0 Å². The molecule has 0 saturated heterocycles. The number of allylic oxidation sites excluding steroid dienone is 1. The third-order valence-electron chi connectivity index (χ3n) is 5.02. The van der Waals surface area contributed by atoms with Gasteiger partial charge in [0.1, 0.15) is 0 Å². The average Bonchev–Trinajstić information content (AvgIpc) is 2.57. The summed E-state index contributed by atoms with van der Waals surface area (Å²) in [5, 5.41) is 0. The van der Waals surface area contributed by atoms with E-state index in [1.807, 2.05) is 0 Å². The standard InChI is InChI=1S/C22H26/c1-2-7-18-12-14-21(15-13-18)22-11-6-10-20(17-22)16-19-8-4-3-5-9-19/h2-6,8-11,17-18,21H,1,7,12-16H2. The van der Waals surface area contributed by atoms with Gasteiger partial charge in [-0.05, 0) is 67.1 Å². The van der Waals surface area contributed by atoms with E-state index >= 15 is 0 Å². The molecule has 0 N–H and O–H groups in total. The lowest BCUT2D eigenvalue weighted by molar-refractivity contribution is 0.328. The van der Waals surface area contributed by atoms with E-state index in [1.165, 1.54) is 43.2 Å². The van der Waals surface area contributed by atoms with Crippen LogP contribution in [0.5, 0.6) is 0 Å². The van der Waals surface area contributed by atoms with Gasteiger partial charge in [-0.3, -0.25) is 0 Å². The number of hydrogen-bond acceptors (Lipinski definition) is 0. The van der Waals surface area contributed by atoms with Crippen molar-refractivity contribution >= 4 is 0 Å². The smallest absolute Gasteiger partial charge is 0.00257 e. The molecule has 3 rings (SSSR count). The van der Waals surface area contributed by atoms with Crippen LogP contribution >= 0.6 is 0 Å². The fourth-order valence-corrected chi connectivity index (χ4v) is 3.76. The van der Waals surface area contributed by atoms with Crippen molar-refractivity contribution < 1.29 is 0 Å². The lowest BCUT2D eigenvalue weighted by Crippen LogP contribution is -2.13. The van der Waals surface area contributed by atoms with E-state index in [1.54, 1.807) is 5.56 Å². The van der Waals surface area contributed by atoms with Gasteiger partial charge in [0.05, 0.1) is 0 Å². The second-order valence-corrected chi connectivity index (χ2v) is 6.65. The first-order valence-electron chi connectivity index (χ1n) is 8.59. The van der Waals surface area contributed by atoms with Gasteiger partial charge >= 0.3 is 0 Å². The summed E-state index contributed by atoms with van der Waals surface area (Å²) in [6, 6.07) is 20.0. The minimum Gasteiger partial charge on any atom is -0.103 e. The summed E-state index contributed by atoms with van der Waals surface area (Å²) < 4.78 is 0. The fraction of sp³-hybridized carbons (Fsp3) is 0.364. The molecule has 0 unspecified atom stereocenters. The van der Waals surface area contributed by atoms with E-state index in [4.69, 9.17) is 0 Å². The van der Waals surface area contributed by atoms with Crippen molar-refractivity contribution in [3.05, 3.63) is 83.9 Å². The van der Waals surface area contributed by atoms with Crippen LogP contribution < -0.4 is 0 Å². The van der Waals surface area contributed by atoms with Crippen LogP contribution in [-0.2, 0) is 6.42 Å². The fourth-order valence-electron chi connectivity index (χ4n) is 3.76. The molecule has 0 heteroatoms. The van der Waals surface area contributed by atoms with Crippen molar-refractivity contribution in [1.29, 1.82) is 0 Å². The molecule has 22 heavy (non-hydrogen) atoms. The maximum atomic E-state index is 3.88. The molecule has 0 amide bonds. The van der Waals surface area contributed by atoms with E-state index in [0.29, 0.717) is 0 Å². The predicted octanol–water partition coefficient (Wildman–Crippen LogP) is 6.13. The topological polar surface area (TPSA) is 0 Å². The summed E-state index contributed by atoms with van der Waals surface area (Å²) in [5.41, 5.74) is 4.39. The second-order valence-electron chi connectivity index (χ2n) is 6.65. The van der Waals surface area contributed by atoms with Crippen molar-refractivity contribution in [2.75, 3.05) is 0 Å². The highest BCUT2D eigenvalue weighted by Crippen LogP contribution is 2.37. The molecule has 1 fully saturated rings. The van der Waals surface area contributed by atoms with E-state index < -0.39 is 0 Å². The lowest BCUT2D eigenvalue weighted by atomic mass is 9.77. The maximum absolute atomic E-state index is 3.88. The zero-order chi connectivity index (χ0) is 15.2. The van der Waals surface area contributed by atoms with Crippen molar-refractivity contribution in [1.82, 2.24) is 0 Å². The quantitative estimate of drug-likeness (QED) is 0.581. The van der Waals surface area contributed by atoms with Crippen molar-refractivity contribution in [3.8, 4) is 0 Å². The van der Waals surface area contributed by atoms with Gasteiger partial charge in [-0.2, -0.15) is 0 Å². The Morgan fingerprint density at radius 3 is 2.32 bits per heavy atom. The van der Waals surface area contributed by atoms with Crippen LogP contribution in [0.15, 0.2) is 67.3 Å². The number of hydrogen-bond donors (Lipinski definition) is 0. The van der Waals surface area contributed by atoms with E-state index in [-0.39, 0.29) is 0 Å². The largest absolute Gasteiger partial charge is 0.103 e. The Balaban J connectivity index is 1.65. The summed E-state index contributed by atoms with van der Waals surface area (Å²) in [6.45, 7) is 3.88. The minimum absolute atomic E-state index is 0.761. The highest BCUT2D eigenvalue weighted by atomic mass is 14.3. The van der Waals surface area contributed by atoms with Gasteiger partial charge in [0.2, 0.25) is 0 Å². The van der Waals surface area contributed by atoms with Gasteiger partial charge in [-0.25, -0.2) is 0 Å². The Hall–Kier alpha value is -1.82. The summed E-state index contributed by atoms with van der Waals surface area (Å²) in [4.78, 5) is 0. The van der Waals surface area contributed by atoms with Gasteiger partial charge in [-0.15, -0.1) is 6.58 Å². The second kappa shape index (κ2) is 7.45. The summed E-state index contributed by atoms with van der Waals surface area (Å²) in [6.07, 6.45) is 9.73. The monoisotopic (exact) mass is 290 g/mol. The van der Waals surface area contributed by atoms with Crippen molar-refractivity contribution in [2.24, 2.45) is 5.92 Å². The van der Waals surface area contributed by atoms with E-state index in [9.17, 15) is 0 Å². The normalized spacial score (nSPS) is 21.5. The molecule has 0 aromatic heterocycles. The zero-order valence-corrected chi connectivity index (χ0v) is 13.4. The Kier molecular flexibility index (Phi) is 5.11. The molecule has 0 nitrogen and oxygen atoms in total. The molecular weight excluding hydrogens is 264 g/mol. The van der Waals surface area contributed by atoms with E-state index in [0.717, 1.165) is 18.3 Å². The molecule has 0 bridgehead atoms. The van der Waals surface area contributed by atoms with Gasteiger partial charge in [0, 0.05) is 0 Å². The minimum atomic E-state index is 0.761. The third-order valence-corrected chi connectivity index (χ3v) is 5.02. The molecule has 0 heterocycles. The van der Waals surface area contributed by atoms with Crippen LogP contribution in [0.1, 0.15) is 54.7 Å². The molecule has 2 aromatic rings. The Labute approximate surface area is 134 Å². The first-order chi connectivity index (χ1) is 10.8. The molecule has 0 spiro atoms. The Morgan fingerprint density at radius 1 is 0.864 bits per heavy atom. The average molecular weight is 290 g/mol. The molecule has 0 aliphatic heterocycles. The molecule has 2 aromatic carbocycles. The van der Waals surface area contributed by atoms with Crippen molar-refractivity contribution in [2.45, 2.75) is 44.4 Å². The number of benzene rings is 2. The van der Waals surface area contributed by atoms with Crippen LogP contribution in [0.3, 0.4) is 0 Å². The Bertz CT molecular complexity index is 588. The van der Waals surface area contributed by atoms with Gasteiger partial charge in [-0.1, -0.05) is 60.7 Å². The van der Waals surface area contributed by atoms with Crippen LogP contribution in [0.25, 0.3) is 0 Å². The SMILES string of the molecule is C=CCC1CCC(c2cccc(Cc3ccccc3)c2)CC1. The molecule has 0 radical (unpaired) electrons. The summed E-state index contributed by atoms with van der Waals surface area (Å²) in [5.74, 6) is 1.64. The van der Waals surface area contributed by atoms with Crippen LogP contribution in [-0.4, -0.2) is 0 Å². The molecule has 1 saturated carbocycles. The third kappa shape index (κ3) is 3.88. The lowest BCUT2D eigenvalue weighted by Gasteiger charge is -2.28. The van der Waals surface area contributed by atoms with Gasteiger partial charge in [0.25, 0.3) is 0 Å². The number of rotatable bonds is 5. The molecular formula is C22H26. The molecule has 0 atom stereocenters. The summed E-state index contributed by atoms with van der Waals surface area (Å²) >= 11 is 0. The highest BCUT2D eigenvalue weighted by Gasteiger charge is 2.21. The van der Waals surface area contributed by atoms with Crippen molar-refractivity contribution in [3.63, 3.8) is 0 Å². The summed E-state index contributed by atoms with van der Waals surface area (Å²) in [7, 11) is 0. The first-order valence-corrected chi connectivity index (χ1v) is 8.59. The van der Waals surface area contributed by atoms with Crippen LogP contribution in [0, 0.1) is 5.92 Å². The molecule has 114 valence electrons. The van der Waals surface area contributed by atoms with Gasteiger partial charge < -0.3 is 0 Å². The molecule has 1 aliphatic carbocycles. The van der Waals surface area contributed by atoms with Crippen LogP contribution in [0.4, 0.5) is 0 Å². The predicted molar refractivity (Wildman–Crippen MR) is 95.2 cm³/mol. The highest BCUT2D eigenvalue weighted by molar-refractivity contribution is 5.31. The maximum Gasteiger partial charge on any atom is -0.00257 e. The van der Waals surface area contributed by atoms with Crippen LogP contribution in [0.2, 0.25) is 0 Å². The van der Waals surface area contributed by atoms with E-state index in [2.05, 4.69) is 67.3 Å².